The average Bonchev–Trinajstić information content (AvgIpc) is 2.19. The van der Waals surface area contributed by atoms with Crippen molar-refractivity contribution in [3.8, 4) is 0 Å². The minimum atomic E-state index is 0.432. The largest absolute Gasteiger partial charge is 0.691 e. The van der Waals surface area contributed by atoms with Gasteiger partial charge in [-0.2, -0.15) is 0 Å². The molecule has 6 nitrogen and oxygen atoms in total. The number of benzene rings is 1. The van der Waals surface area contributed by atoms with E-state index >= 15 is 0 Å². The molecule has 1 aromatic rings. The number of nitrogens with two attached hydrogens (primary N) is 1. The monoisotopic (exact) mass is 213 g/mol. The summed E-state index contributed by atoms with van der Waals surface area (Å²) in [5.74, 6) is 5.14. The maximum atomic E-state index is 11.4. The Labute approximate surface area is 85.1 Å². The van der Waals surface area contributed by atoms with Crippen LogP contribution in [0.1, 0.15) is 5.56 Å². The minimum Gasteiger partial charge on any atom is -0.691 e. The second-order valence-electron chi connectivity index (χ2n) is 2.82. The summed E-state index contributed by atoms with van der Waals surface area (Å²) in [5.41, 5.74) is 3.55. The van der Waals surface area contributed by atoms with Crippen molar-refractivity contribution in [2.75, 3.05) is 0 Å². The van der Waals surface area contributed by atoms with Crippen LogP contribution in [0.5, 0.6) is 0 Å². The molecule has 0 aliphatic carbocycles. The molecule has 1 heterocycles. The fourth-order valence-electron chi connectivity index (χ4n) is 1.26. The van der Waals surface area contributed by atoms with E-state index in [1.54, 1.807) is 18.2 Å². The molecule has 0 saturated carbocycles. The Bertz CT molecular complexity index is 394. The number of nitrogens with zero attached hydrogens (tertiary/aromatic N) is 3. The highest BCUT2D eigenvalue weighted by molar-refractivity contribution is 6.30. The van der Waals surface area contributed by atoms with E-state index < -0.39 is 0 Å². The number of hydrogen-bond donors (Lipinski definition) is 2. The smallest absolute Gasteiger partial charge is 0.162 e. The summed E-state index contributed by atoms with van der Waals surface area (Å²) in [6.45, 7) is 0.432. The summed E-state index contributed by atoms with van der Waals surface area (Å²) in [4.78, 5) is 0.477. The van der Waals surface area contributed by atoms with E-state index in [-0.39, 0.29) is 0 Å². The first-order valence-electron chi connectivity index (χ1n) is 3.92. The quantitative estimate of drug-likeness (QED) is 0.316. The van der Waals surface area contributed by atoms with E-state index in [1.807, 2.05) is 0 Å². The van der Waals surface area contributed by atoms with Crippen molar-refractivity contribution in [3.05, 3.63) is 34.0 Å². The average molecular weight is 214 g/mol. The lowest BCUT2D eigenvalue weighted by Gasteiger charge is -2.19. The topological polar surface area (TPSA) is 79.7 Å². The van der Waals surface area contributed by atoms with Gasteiger partial charge in [0.05, 0.1) is 0 Å². The predicted octanol–water partition coefficient (Wildman–Crippen LogP) is 1.04. The zero-order chi connectivity index (χ0) is 10.1. The third-order valence-electron chi connectivity index (χ3n) is 1.91. The van der Waals surface area contributed by atoms with Crippen LogP contribution in [0.3, 0.4) is 0 Å². The van der Waals surface area contributed by atoms with Gasteiger partial charge in [-0.25, -0.2) is 5.84 Å². The lowest BCUT2D eigenvalue weighted by atomic mass is 10.2. The number of hydrogen-bond acceptors (Lipinski definition) is 5. The van der Waals surface area contributed by atoms with Gasteiger partial charge in [0.15, 0.2) is 12.2 Å². The van der Waals surface area contributed by atoms with Gasteiger partial charge in [-0.1, -0.05) is 22.3 Å². The molecular weight excluding hydrogens is 206 g/mol. The van der Waals surface area contributed by atoms with Crippen molar-refractivity contribution in [1.82, 2.24) is 10.7 Å². The Morgan fingerprint density at radius 3 is 3.14 bits per heavy atom. The van der Waals surface area contributed by atoms with Crippen molar-refractivity contribution in [3.63, 3.8) is 0 Å². The molecule has 0 spiro atoms. The molecule has 0 atom stereocenters. The Kier molecular flexibility index (Phi) is 2.24. The van der Waals surface area contributed by atoms with Crippen molar-refractivity contribution in [2.24, 2.45) is 11.1 Å². The molecule has 2 rings (SSSR count). The van der Waals surface area contributed by atoms with Crippen LogP contribution in [0.4, 0.5) is 5.69 Å². The van der Waals surface area contributed by atoms with Gasteiger partial charge in [-0.15, -0.1) is 4.86 Å². The Balaban J connectivity index is 2.45. The molecule has 1 aromatic carbocycles. The van der Waals surface area contributed by atoms with Crippen LogP contribution >= 0.6 is 11.6 Å². The van der Waals surface area contributed by atoms with Gasteiger partial charge in [0.1, 0.15) is 5.22 Å². The number of nitrogens with one attached hydrogen (secondary N) is 1. The molecule has 14 heavy (non-hydrogen) atoms. The summed E-state index contributed by atoms with van der Waals surface area (Å²) >= 11 is 5.75. The maximum absolute atomic E-state index is 11.4. The molecule has 0 bridgehead atoms. The third-order valence-corrected chi connectivity index (χ3v) is 2.15. The molecule has 0 radical (unpaired) electrons. The van der Waals surface area contributed by atoms with E-state index in [0.717, 1.165) is 5.56 Å². The van der Waals surface area contributed by atoms with Crippen molar-refractivity contribution in [2.45, 2.75) is 6.54 Å². The maximum Gasteiger partial charge on any atom is 0.162 e. The number of hydrazine groups is 2. The summed E-state index contributed by atoms with van der Waals surface area (Å²) in [7, 11) is 0. The van der Waals surface area contributed by atoms with E-state index in [4.69, 9.17) is 17.4 Å². The molecule has 1 aliphatic rings. The minimum absolute atomic E-state index is 0.432. The number of fused-ring (bicyclic) bond motifs is 1. The Hall–Kier alpha value is -1.37. The standard InChI is InChI=1S/C7H8ClN5O/c8-6-2-1-5-4-12(10-9)11-13(14)7(5)3-6/h1-3,10H,4,9H2. The first-order valence-corrected chi connectivity index (χ1v) is 4.29. The zero-order valence-corrected chi connectivity index (χ0v) is 7.90. The molecule has 0 aromatic heterocycles. The first kappa shape index (κ1) is 9.20. The van der Waals surface area contributed by atoms with Crippen LogP contribution in [-0.2, 0) is 6.54 Å². The fourth-order valence-corrected chi connectivity index (χ4v) is 1.43. The highest BCUT2D eigenvalue weighted by atomic mass is 35.5. The lowest BCUT2D eigenvalue weighted by molar-refractivity contribution is -0.472. The van der Waals surface area contributed by atoms with Gasteiger partial charge in [0.2, 0.25) is 0 Å². The summed E-state index contributed by atoms with van der Waals surface area (Å²) < 4.78 is 0. The van der Waals surface area contributed by atoms with Crippen LogP contribution in [0.15, 0.2) is 23.4 Å². The van der Waals surface area contributed by atoms with Gasteiger partial charge in [0.25, 0.3) is 0 Å². The molecule has 0 amide bonds. The van der Waals surface area contributed by atoms with Gasteiger partial charge >= 0.3 is 0 Å². The zero-order valence-electron chi connectivity index (χ0n) is 7.14. The Morgan fingerprint density at radius 1 is 1.64 bits per heavy atom. The van der Waals surface area contributed by atoms with E-state index in [1.165, 1.54) is 5.12 Å². The summed E-state index contributed by atoms with van der Waals surface area (Å²) in [6, 6.07) is 5.05. The van der Waals surface area contributed by atoms with Crippen LogP contribution in [0.2, 0.25) is 5.02 Å². The van der Waals surface area contributed by atoms with E-state index in [2.05, 4.69) is 10.8 Å². The van der Waals surface area contributed by atoms with Crippen LogP contribution in [-0.4, -0.2) is 9.98 Å². The van der Waals surface area contributed by atoms with Crippen LogP contribution in [0.25, 0.3) is 0 Å². The number of halogens is 1. The summed E-state index contributed by atoms with van der Waals surface area (Å²) in [5, 5.41) is 16.7. The molecule has 0 saturated heterocycles. The molecule has 1 aliphatic heterocycles. The molecule has 0 unspecified atom stereocenters. The van der Waals surface area contributed by atoms with E-state index in [9.17, 15) is 5.21 Å². The predicted molar refractivity (Wildman–Crippen MR) is 50.0 cm³/mol. The van der Waals surface area contributed by atoms with Crippen molar-refractivity contribution < 1.29 is 4.86 Å². The second-order valence-corrected chi connectivity index (χ2v) is 3.26. The van der Waals surface area contributed by atoms with Gasteiger partial charge in [-0.05, 0) is 12.1 Å². The molecule has 3 N–H and O–H groups in total. The third kappa shape index (κ3) is 1.50. The first-order chi connectivity index (χ1) is 6.70. The highest BCUT2D eigenvalue weighted by Gasteiger charge is 2.21. The molecule has 7 heteroatoms. The van der Waals surface area contributed by atoms with E-state index in [0.29, 0.717) is 22.1 Å². The van der Waals surface area contributed by atoms with Gasteiger partial charge in [-0.3, -0.25) is 0 Å². The highest BCUT2D eigenvalue weighted by Crippen LogP contribution is 2.27. The van der Waals surface area contributed by atoms with Crippen LogP contribution in [0, 0.1) is 5.21 Å². The lowest BCUT2D eigenvalue weighted by Crippen LogP contribution is -2.40. The molecule has 74 valence electrons. The Morgan fingerprint density at radius 2 is 2.43 bits per heavy atom. The number of rotatable bonds is 1. The molecule has 0 fully saturated rings. The SMILES string of the molecule is NNN1Cc2ccc(Cl)cc2[N+]([O-])=N1. The second kappa shape index (κ2) is 3.41. The van der Waals surface area contributed by atoms with Gasteiger partial charge < -0.3 is 5.21 Å². The van der Waals surface area contributed by atoms with Crippen molar-refractivity contribution >= 4 is 17.3 Å². The fraction of sp³-hybridized carbons (Fsp3) is 0.143. The van der Waals surface area contributed by atoms with Crippen molar-refractivity contribution in [1.29, 1.82) is 0 Å². The normalized spacial score (nSPS) is 15.0. The summed E-state index contributed by atoms with van der Waals surface area (Å²) in [6.07, 6.45) is 0. The molecular formula is C7H8ClN5O. The van der Waals surface area contributed by atoms with Gasteiger partial charge in [0, 0.05) is 16.7 Å². The van der Waals surface area contributed by atoms with Crippen LogP contribution < -0.4 is 11.4 Å².